The first kappa shape index (κ1) is 20.1. The summed E-state index contributed by atoms with van der Waals surface area (Å²) in [7, 11) is 0. The van der Waals surface area contributed by atoms with E-state index in [4.69, 9.17) is 10.4 Å². The first-order chi connectivity index (χ1) is 12.8. The SMILES string of the molecule is CCC(=O)O.N#C[C@@H]1CCCN1C(=O)CNC12CC3CC(CC(O)(C3)C1)C2. The molecule has 5 aliphatic rings. The van der Waals surface area contributed by atoms with Gasteiger partial charge >= 0.3 is 5.97 Å². The van der Waals surface area contributed by atoms with Crippen LogP contribution in [0.1, 0.15) is 64.7 Å². The molecule has 1 heterocycles. The van der Waals surface area contributed by atoms with Crippen molar-refractivity contribution in [1.29, 1.82) is 5.26 Å². The quantitative estimate of drug-likeness (QED) is 0.686. The Kier molecular flexibility index (Phi) is 5.78. The standard InChI is InChI=1S/C17H25N3O2.C3H6O2/c18-9-14-2-1-3-20(14)15(21)10-19-16-5-12-4-13(6-16)8-17(22,7-12)11-16;1-2-3(4)5/h12-14,19,22H,1-8,10-11H2;2H2,1H3,(H,4,5)/t12?,13?,14-,16?,17?;/m0./s1. The number of nitrogens with zero attached hydrogens (tertiary/aromatic N) is 2. The summed E-state index contributed by atoms with van der Waals surface area (Å²) in [6.45, 7) is 2.62. The number of amides is 1. The van der Waals surface area contributed by atoms with Crippen LogP contribution in [-0.2, 0) is 9.59 Å². The predicted octanol–water partition coefficient (Wildman–Crippen LogP) is 1.66. The van der Waals surface area contributed by atoms with Gasteiger partial charge in [0.1, 0.15) is 6.04 Å². The van der Waals surface area contributed by atoms with Crippen molar-refractivity contribution in [2.75, 3.05) is 13.1 Å². The maximum atomic E-state index is 12.4. The first-order valence-corrected chi connectivity index (χ1v) is 10.2. The summed E-state index contributed by atoms with van der Waals surface area (Å²) in [5.41, 5.74) is -0.542. The Morgan fingerprint density at radius 1 is 1.26 bits per heavy atom. The molecule has 2 unspecified atom stereocenters. The molecule has 1 saturated heterocycles. The van der Waals surface area contributed by atoms with Gasteiger partial charge in [-0.2, -0.15) is 5.26 Å². The number of nitriles is 1. The van der Waals surface area contributed by atoms with E-state index in [0.29, 0.717) is 24.9 Å². The molecule has 7 nitrogen and oxygen atoms in total. The van der Waals surface area contributed by atoms with Gasteiger partial charge in [0.2, 0.25) is 5.91 Å². The minimum Gasteiger partial charge on any atom is -0.481 e. The molecule has 3 N–H and O–H groups in total. The number of hydrogen-bond donors (Lipinski definition) is 3. The maximum absolute atomic E-state index is 12.4. The lowest BCUT2D eigenvalue weighted by atomic mass is 9.51. The number of carbonyl (C=O) groups excluding carboxylic acids is 1. The fraction of sp³-hybridized carbons (Fsp3) is 0.850. The molecule has 27 heavy (non-hydrogen) atoms. The number of rotatable bonds is 4. The van der Waals surface area contributed by atoms with E-state index in [-0.39, 0.29) is 23.9 Å². The smallest absolute Gasteiger partial charge is 0.303 e. The summed E-state index contributed by atoms with van der Waals surface area (Å²) < 4.78 is 0. The van der Waals surface area contributed by atoms with Gasteiger partial charge in [-0.25, -0.2) is 0 Å². The zero-order valence-electron chi connectivity index (χ0n) is 16.1. The van der Waals surface area contributed by atoms with Crippen molar-refractivity contribution < 1.29 is 19.8 Å². The molecule has 4 saturated carbocycles. The highest BCUT2D eigenvalue weighted by Gasteiger charge is 2.57. The number of carboxylic acids is 1. The van der Waals surface area contributed by atoms with E-state index in [1.807, 2.05) is 0 Å². The Labute approximate surface area is 160 Å². The Bertz CT molecular complexity index is 615. The van der Waals surface area contributed by atoms with Crippen molar-refractivity contribution in [3.8, 4) is 6.07 Å². The minimum atomic E-state index is -0.745. The molecule has 0 aromatic carbocycles. The van der Waals surface area contributed by atoms with E-state index in [1.165, 1.54) is 6.42 Å². The van der Waals surface area contributed by atoms with Gasteiger partial charge in [0.15, 0.2) is 0 Å². The molecule has 4 aliphatic carbocycles. The number of nitrogens with one attached hydrogen (secondary N) is 1. The molecule has 1 aliphatic heterocycles. The average Bonchev–Trinajstić information content (AvgIpc) is 3.07. The number of carbonyl (C=O) groups is 2. The molecular formula is C20H31N3O4. The number of aliphatic carboxylic acids is 1. The molecule has 0 radical (unpaired) electrons. The van der Waals surface area contributed by atoms with Gasteiger partial charge in [-0.1, -0.05) is 6.92 Å². The van der Waals surface area contributed by atoms with Gasteiger partial charge < -0.3 is 20.4 Å². The lowest BCUT2D eigenvalue weighted by Gasteiger charge is -2.60. The second-order valence-corrected chi connectivity index (χ2v) is 8.94. The van der Waals surface area contributed by atoms with Crippen molar-refractivity contribution in [3.05, 3.63) is 0 Å². The lowest BCUT2D eigenvalue weighted by molar-refractivity contribution is -0.147. The van der Waals surface area contributed by atoms with Crippen LogP contribution in [0.5, 0.6) is 0 Å². The van der Waals surface area contributed by atoms with E-state index in [1.54, 1.807) is 11.8 Å². The fourth-order valence-corrected chi connectivity index (χ4v) is 5.99. The van der Waals surface area contributed by atoms with Crippen LogP contribution >= 0.6 is 0 Å². The molecule has 0 aromatic rings. The lowest BCUT2D eigenvalue weighted by Crippen LogP contribution is -2.65. The van der Waals surface area contributed by atoms with Gasteiger partial charge in [-0.05, 0) is 63.2 Å². The van der Waals surface area contributed by atoms with Gasteiger partial charge in [0.05, 0.1) is 18.2 Å². The third-order valence-corrected chi connectivity index (χ3v) is 6.67. The van der Waals surface area contributed by atoms with Crippen LogP contribution in [0.3, 0.4) is 0 Å². The molecule has 5 fully saturated rings. The number of carboxylic acid groups (broad SMARTS) is 1. The van der Waals surface area contributed by atoms with Crippen LogP contribution in [0.2, 0.25) is 0 Å². The topological polar surface area (TPSA) is 114 Å². The minimum absolute atomic E-state index is 0.0453. The molecule has 7 heteroatoms. The molecule has 4 bridgehead atoms. The van der Waals surface area contributed by atoms with Crippen molar-refractivity contribution in [2.45, 2.75) is 81.9 Å². The first-order valence-electron chi connectivity index (χ1n) is 10.2. The van der Waals surface area contributed by atoms with Crippen LogP contribution < -0.4 is 5.32 Å². The monoisotopic (exact) mass is 377 g/mol. The Balaban J connectivity index is 0.000000376. The molecule has 150 valence electrons. The molecule has 5 rings (SSSR count). The van der Waals surface area contributed by atoms with E-state index >= 15 is 0 Å². The second-order valence-electron chi connectivity index (χ2n) is 8.94. The number of hydrogen-bond acceptors (Lipinski definition) is 5. The third-order valence-electron chi connectivity index (χ3n) is 6.67. The largest absolute Gasteiger partial charge is 0.481 e. The Hall–Kier alpha value is -1.65. The maximum Gasteiger partial charge on any atom is 0.303 e. The summed E-state index contributed by atoms with van der Waals surface area (Å²) in [5.74, 6) is 0.539. The van der Waals surface area contributed by atoms with Crippen molar-refractivity contribution in [3.63, 3.8) is 0 Å². The highest BCUT2D eigenvalue weighted by Crippen LogP contribution is 2.57. The molecule has 0 spiro atoms. The highest BCUT2D eigenvalue weighted by atomic mass is 16.4. The van der Waals surface area contributed by atoms with Crippen LogP contribution in [0.25, 0.3) is 0 Å². The third kappa shape index (κ3) is 4.44. The van der Waals surface area contributed by atoms with E-state index < -0.39 is 11.6 Å². The van der Waals surface area contributed by atoms with Crippen LogP contribution in [0.15, 0.2) is 0 Å². The Morgan fingerprint density at radius 2 is 1.89 bits per heavy atom. The second kappa shape index (κ2) is 7.76. The van der Waals surface area contributed by atoms with Crippen LogP contribution in [0, 0.1) is 23.2 Å². The van der Waals surface area contributed by atoms with E-state index in [0.717, 1.165) is 44.9 Å². The fourth-order valence-electron chi connectivity index (χ4n) is 5.99. The zero-order chi connectivity index (χ0) is 19.7. The number of aliphatic hydroxyl groups is 1. The van der Waals surface area contributed by atoms with E-state index in [2.05, 4.69) is 11.4 Å². The van der Waals surface area contributed by atoms with Gasteiger partial charge in [-0.3, -0.25) is 9.59 Å². The number of likely N-dealkylation sites (tertiary alicyclic amines) is 1. The van der Waals surface area contributed by atoms with Crippen molar-refractivity contribution >= 4 is 11.9 Å². The average molecular weight is 377 g/mol. The highest BCUT2D eigenvalue weighted by molar-refractivity contribution is 5.79. The van der Waals surface area contributed by atoms with Crippen molar-refractivity contribution in [2.24, 2.45) is 11.8 Å². The Morgan fingerprint density at radius 3 is 2.41 bits per heavy atom. The summed E-state index contributed by atoms with van der Waals surface area (Å²) in [4.78, 5) is 23.5. The van der Waals surface area contributed by atoms with Gasteiger partial charge in [-0.15, -0.1) is 0 Å². The zero-order valence-corrected chi connectivity index (χ0v) is 16.1. The van der Waals surface area contributed by atoms with Crippen LogP contribution in [0.4, 0.5) is 0 Å². The summed E-state index contributed by atoms with van der Waals surface area (Å²) >= 11 is 0. The molecule has 3 atom stereocenters. The van der Waals surface area contributed by atoms with E-state index in [9.17, 15) is 14.7 Å². The van der Waals surface area contributed by atoms with Gasteiger partial charge in [0.25, 0.3) is 0 Å². The molecular weight excluding hydrogens is 346 g/mol. The molecule has 0 aromatic heterocycles. The normalized spacial score (nSPS) is 38.9. The summed E-state index contributed by atoms with van der Waals surface area (Å²) in [6.07, 6.45) is 8.09. The summed E-state index contributed by atoms with van der Waals surface area (Å²) in [6, 6.07) is 1.99. The van der Waals surface area contributed by atoms with Gasteiger partial charge in [0, 0.05) is 18.5 Å². The van der Waals surface area contributed by atoms with Crippen LogP contribution in [-0.4, -0.2) is 57.3 Å². The van der Waals surface area contributed by atoms with Crippen molar-refractivity contribution in [1.82, 2.24) is 10.2 Å². The summed E-state index contributed by atoms with van der Waals surface area (Å²) in [5, 5.41) is 31.1. The predicted molar refractivity (Wildman–Crippen MR) is 98.6 cm³/mol. The molecule has 1 amide bonds.